The first-order chi connectivity index (χ1) is 19.5. The Labute approximate surface area is 232 Å². The van der Waals surface area contributed by atoms with Crippen LogP contribution in [0.3, 0.4) is 0 Å². The number of carbonyl (C=O) groups excluding carboxylic acids is 2. The molecule has 0 radical (unpaired) electrons. The molecule has 0 saturated carbocycles. The zero-order chi connectivity index (χ0) is 27.9. The zero-order valence-corrected chi connectivity index (χ0v) is 22.0. The molecule has 1 atom stereocenters. The highest BCUT2D eigenvalue weighted by Crippen LogP contribution is 2.32. The Bertz CT molecular complexity index is 1450. The molecule has 40 heavy (non-hydrogen) atoms. The number of amides is 3. The Balaban J connectivity index is 1.38. The van der Waals surface area contributed by atoms with Crippen molar-refractivity contribution in [1.82, 2.24) is 9.88 Å². The number of carbonyl (C=O) groups is 2. The SMILES string of the molecule is NC(=O)c1ccc(N2CCCN(C(c3ccncc3)c3ccc(F)cc3)CC2)c(NC(=O)Nc2ccccc2)c1. The molecule has 1 aliphatic heterocycles. The lowest BCUT2D eigenvalue weighted by Gasteiger charge is -2.32. The Morgan fingerprint density at radius 1 is 0.825 bits per heavy atom. The van der Waals surface area contributed by atoms with E-state index in [4.69, 9.17) is 5.73 Å². The van der Waals surface area contributed by atoms with Crippen molar-refractivity contribution in [3.63, 3.8) is 0 Å². The van der Waals surface area contributed by atoms with E-state index in [2.05, 4.69) is 25.4 Å². The lowest BCUT2D eigenvalue weighted by Crippen LogP contribution is -2.34. The third kappa shape index (κ3) is 6.44. The van der Waals surface area contributed by atoms with E-state index in [-0.39, 0.29) is 11.9 Å². The van der Waals surface area contributed by atoms with Gasteiger partial charge in [0.05, 0.1) is 17.4 Å². The van der Waals surface area contributed by atoms with Crippen LogP contribution >= 0.6 is 0 Å². The molecule has 3 amide bonds. The average molecular weight is 539 g/mol. The van der Waals surface area contributed by atoms with Crippen molar-refractivity contribution in [1.29, 1.82) is 0 Å². The topological polar surface area (TPSA) is 104 Å². The molecule has 4 aromatic rings. The number of nitrogens with two attached hydrogens (primary N) is 1. The van der Waals surface area contributed by atoms with Gasteiger partial charge in [-0.25, -0.2) is 9.18 Å². The second kappa shape index (κ2) is 12.4. The molecule has 0 aliphatic carbocycles. The van der Waals surface area contributed by atoms with Crippen molar-refractivity contribution in [2.75, 3.05) is 41.7 Å². The van der Waals surface area contributed by atoms with Crippen LogP contribution in [0.4, 0.5) is 26.2 Å². The quantitative estimate of drug-likeness (QED) is 0.298. The van der Waals surface area contributed by atoms with Gasteiger partial charge in [0.25, 0.3) is 0 Å². The van der Waals surface area contributed by atoms with Crippen LogP contribution < -0.4 is 21.3 Å². The van der Waals surface area contributed by atoms with Crippen molar-refractivity contribution in [2.24, 2.45) is 5.73 Å². The third-order valence-corrected chi connectivity index (χ3v) is 7.00. The molecule has 4 N–H and O–H groups in total. The molecule has 1 saturated heterocycles. The van der Waals surface area contributed by atoms with Gasteiger partial charge in [-0.05, 0) is 72.1 Å². The number of para-hydroxylation sites is 1. The van der Waals surface area contributed by atoms with E-state index in [1.54, 1.807) is 36.7 Å². The molecule has 2 heterocycles. The molecular formula is C31H31FN6O2. The number of hydrogen-bond acceptors (Lipinski definition) is 5. The summed E-state index contributed by atoms with van der Waals surface area (Å²) < 4.78 is 13.7. The van der Waals surface area contributed by atoms with Gasteiger partial charge in [0.15, 0.2) is 0 Å². The number of anilines is 3. The van der Waals surface area contributed by atoms with Gasteiger partial charge in [0, 0.05) is 49.8 Å². The number of hydrogen-bond donors (Lipinski definition) is 3. The van der Waals surface area contributed by atoms with Crippen LogP contribution in [-0.2, 0) is 0 Å². The lowest BCUT2D eigenvalue weighted by atomic mass is 9.97. The molecule has 8 nitrogen and oxygen atoms in total. The van der Waals surface area contributed by atoms with Gasteiger partial charge in [0.1, 0.15) is 5.82 Å². The van der Waals surface area contributed by atoms with Crippen LogP contribution in [0.1, 0.15) is 33.9 Å². The third-order valence-electron chi connectivity index (χ3n) is 7.00. The molecule has 204 valence electrons. The van der Waals surface area contributed by atoms with Crippen LogP contribution in [-0.4, -0.2) is 48.0 Å². The van der Waals surface area contributed by atoms with Gasteiger partial charge < -0.3 is 21.3 Å². The molecule has 5 rings (SSSR count). The smallest absolute Gasteiger partial charge is 0.323 e. The van der Waals surface area contributed by atoms with Crippen LogP contribution in [0, 0.1) is 5.82 Å². The summed E-state index contributed by atoms with van der Waals surface area (Å²) in [5, 5.41) is 5.73. The van der Waals surface area contributed by atoms with E-state index >= 15 is 0 Å². The van der Waals surface area contributed by atoms with Gasteiger partial charge >= 0.3 is 6.03 Å². The lowest BCUT2D eigenvalue weighted by molar-refractivity contribution is 0.1000. The fourth-order valence-electron chi connectivity index (χ4n) is 5.11. The number of urea groups is 1. The minimum Gasteiger partial charge on any atom is -0.369 e. The summed E-state index contributed by atoms with van der Waals surface area (Å²) in [5.74, 6) is -0.838. The number of primary amides is 1. The maximum absolute atomic E-state index is 13.7. The molecule has 1 unspecified atom stereocenters. The minimum absolute atomic E-state index is 0.0602. The van der Waals surface area contributed by atoms with Crippen molar-refractivity contribution in [3.05, 3.63) is 120 Å². The maximum atomic E-state index is 13.7. The number of aromatic nitrogens is 1. The molecule has 1 fully saturated rings. The van der Waals surface area contributed by atoms with Crippen LogP contribution in [0.15, 0.2) is 97.3 Å². The maximum Gasteiger partial charge on any atom is 0.323 e. The van der Waals surface area contributed by atoms with Gasteiger partial charge in [-0.2, -0.15) is 0 Å². The Morgan fingerprint density at radius 3 is 2.27 bits per heavy atom. The zero-order valence-electron chi connectivity index (χ0n) is 22.0. The highest BCUT2D eigenvalue weighted by Gasteiger charge is 2.26. The van der Waals surface area contributed by atoms with E-state index in [0.29, 0.717) is 23.5 Å². The predicted molar refractivity (Wildman–Crippen MR) is 155 cm³/mol. The summed E-state index contributed by atoms with van der Waals surface area (Å²) in [5.41, 5.74) is 9.91. The number of benzene rings is 3. The van der Waals surface area contributed by atoms with E-state index in [1.165, 1.54) is 12.1 Å². The Hall–Kier alpha value is -4.76. The largest absolute Gasteiger partial charge is 0.369 e. The second-order valence-electron chi connectivity index (χ2n) is 9.65. The Kier molecular flexibility index (Phi) is 8.32. The summed E-state index contributed by atoms with van der Waals surface area (Å²) in [6, 6.07) is 24.4. The monoisotopic (exact) mass is 538 g/mol. The molecular weight excluding hydrogens is 507 g/mol. The summed E-state index contributed by atoms with van der Waals surface area (Å²) >= 11 is 0. The fourth-order valence-corrected chi connectivity index (χ4v) is 5.11. The predicted octanol–water partition coefficient (Wildman–Crippen LogP) is 5.27. The first kappa shape index (κ1) is 26.8. The molecule has 1 aliphatic rings. The van der Waals surface area contributed by atoms with Crippen LogP contribution in [0.5, 0.6) is 0 Å². The highest BCUT2D eigenvalue weighted by molar-refractivity contribution is 6.03. The van der Waals surface area contributed by atoms with Gasteiger partial charge in [-0.3, -0.25) is 14.7 Å². The van der Waals surface area contributed by atoms with E-state index in [1.807, 2.05) is 48.5 Å². The van der Waals surface area contributed by atoms with Crippen LogP contribution in [0.25, 0.3) is 0 Å². The van der Waals surface area contributed by atoms with Crippen molar-refractivity contribution < 1.29 is 14.0 Å². The first-order valence-electron chi connectivity index (χ1n) is 13.2. The van der Waals surface area contributed by atoms with Crippen LogP contribution in [0.2, 0.25) is 0 Å². The number of nitrogens with one attached hydrogen (secondary N) is 2. The van der Waals surface area contributed by atoms with E-state index in [0.717, 1.165) is 42.9 Å². The van der Waals surface area contributed by atoms with Gasteiger partial charge in [0.2, 0.25) is 5.91 Å². The number of nitrogens with zero attached hydrogens (tertiary/aromatic N) is 3. The van der Waals surface area contributed by atoms with E-state index < -0.39 is 11.9 Å². The molecule has 1 aromatic heterocycles. The second-order valence-corrected chi connectivity index (χ2v) is 9.65. The average Bonchev–Trinajstić information content (AvgIpc) is 3.21. The first-order valence-corrected chi connectivity index (χ1v) is 13.2. The number of pyridine rings is 1. The Morgan fingerprint density at radius 2 is 1.55 bits per heavy atom. The molecule has 9 heteroatoms. The summed E-state index contributed by atoms with van der Waals surface area (Å²) in [7, 11) is 0. The highest BCUT2D eigenvalue weighted by atomic mass is 19.1. The van der Waals surface area contributed by atoms with Crippen molar-refractivity contribution >= 4 is 29.0 Å². The van der Waals surface area contributed by atoms with Gasteiger partial charge in [-0.15, -0.1) is 0 Å². The molecule has 3 aromatic carbocycles. The standard InChI is InChI=1S/C31H31FN6O2/c32-25-10-7-22(8-11-25)29(23-13-15-34-16-14-23)38-18-4-17-37(19-20-38)28-12-9-24(30(33)39)21-27(28)36-31(40)35-26-5-2-1-3-6-26/h1-3,5-16,21,29H,4,17-20H2,(H2,33,39)(H2,35,36,40). The molecule has 0 spiro atoms. The minimum atomic E-state index is -0.570. The number of halogens is 1. The van der Waals surface area contributed by atoms with Crippen molar-refractivity contribution in [3.8, 4) is 0 Å². The summed E-state index contributed by atoms with van der Waals surface area (Å²) in [4.78, 5) is 33.5. The summed E-state index contributed by atoms with van der Waals surface area (Å²) in [6.45, 7) is 2.96. The van der Waals surface area contributed by atoms with Crippen molar-refractivity contribution in [2.45, 2.75) is 12.5 Å². The normalized spacial score (nSPS) is 14.7. The fraction of sp³-hybridized carbons (Fsp3) is 0.194. The number of rotatable bonds is 7. The van der Waals surface area contributed by atoms with Gasteiger partial charge in [-0.1, -0.05) is 30.3 Å². The summed E-state index contributed by atoms with van der Waals surface area (Å²) in [6.07, 6.45) is 4.40. The van der Waals surface area contributed by atoms with E-state index in [9.17, 15) is 14.0 Å². The molecule has 0 bridgehead atoms.